The lowest BCUT2D eigenvalue weighted by Gasteiger charge is -2.32. The maximum absolute atomic E-state index is 12.9. The van der Waals surface area contributed by atoms with Crippen LogP contribution in [0.5, 0.6) is 5.75 Å². The number of amides is 1. The largest absolute Gasteiger partial charge is 0.494 e. The number of nitrogens with one attached hydrogen (secondary N) is 1. The number of benzene rings is 1. The van der Waals surface area contributed by atoms with Crippen molar-refractivity contribution in [2.45, 2.75) is 64.7 Å². The Hall–Kier alpha value is -2.59. The molecule has 1 saturated heterocycles. The van der Waals surface area contributed by atoms with Crippen LogP contribution in [0.25, 0.3) is 0 Å². The number of methoxy groups -OCH3 is 2. The second kappa shape index (κ2) is 10.4. The average molecular weight is 449 g/mol. The normalized spacial score (nSPS) is 17.4. The molecule has 1 aliphatic heterocycles. The summed E-state index contributed by atoms with van der Waals surface area (Å²) in [7, 11) is 1.86. The zero-order valence-corrected chi connectivity index (χ0v) is 19.8. The molecular weight excluding hydrogens is 417 g/mol. The van der Waals surface area contributed by atoms with Gasteiger partial charge in [-0.3, -0.25) is 9.59 Å². The molecule has 1 aliphatic rings. The summed E-state index contributed by atoms with van der Waals surface area (Å²) in [4.78, 5) is 36.5. The molecule has 0 saturated carbocycles. The Morgan fingerprint density at radius 1 is 1.06 bits per heavy atom. The lowest BCUT2D eigenvalue weighted by molar-refractivity contribution is -0.144. The number of esters is 2. The fourth-order valence-corrected chi connectivity index (χ4v) is 3.12. The van der Waals surface area contributed by atoms with Crippen molar-refractivity contribution in [2.24, 2.45) is 0 Å². The smallest absolute Gasteiger partial charge is 0.493 e. The molecule has 1 amide bonds. The van der Waals surface area contributed by atoms with Crippen LogP contribution in [0, 0.1) is 0 Å². The molecule has 9 nitrogen and oxygen atoms in total. The van der Waals surface area contributed by atoms with Crippen LogP contribution >= 0.6 is 0 Å². The molecule has 1 heterocycles. The van der Waals surface area contributed by atoms with E-state index in [9.17, 15) is 14.4 Å². The minimum atomic E-state index is -1.01. The van der Waals surface area contributed by atoms with Gasteiger partial charge in [0.05, 0.1) is 37.6 Å². The molecule has 0 aliphatic carbocycles. The van der Waals surface area contributed by atoms with Crippen LogP contribution < -0.4 is 15.5 Å². The summed E-state index contributed by atoms with van der Waals surface area (Å²) >= 11 is 0. The van der Waals surface area contributed by atoms with Crippen LogP contribution in [-0.4, -0.2) is 63.0 Å². The van der Waals surface area contributed by atoms with Gasteiger partial charge in [-0.15, -0.1) is 0 Å². The molecule has 0 unspecified atom stereocenters. The van der Waals surface area contributed by atoms with Crippen molar-refractivity contribution in [2.75, 3.05) is 20.8 Å². The van der Waals surface area contributed by atoms with Crippen LogP contribution in [0.15, 0.2) is 18.2 Å². The molecule has 0 radical (unpaired) electrons. The lowest BCUT2D eigenvalue weighted by Crippen LogP contribution is -2.42. The molecule has 2 rings (SSSR count). The number of carbonyl (C=O) groups is 3. The first-order valence-corrected chi connectivity index (χ1v) is 10.5. The van der Waals surface area contributed by atoms with Gasteiger partial charge in [0, 0.05) is 6.42 Å². The van der Waals surface area contributed by atoms with E-state index < -0.39 is 42.2 Å². The van der Waals surface area contributed by atoms with Gasteiger partial charge in [-0.1, -0.05) is 6.07 Å². The summed E-state index contributed by atoms with van der Waals surface area (Å²) in [5.74, 6) is -1.35. The van der Waals surface area contributed by atoms with E-state index in [1.165, 1.54) is 14.2 Å². The highest BCUT2D eigenvalue weighted by Gasteiger charge is 2.51. The first-order valence-electron chi connectivity index (χ1n) is 10.5. The Morgan fingerprint density at radius 2 is 1.69 bits per heavy atom. The summed E-state index contributed by atoms with van der Waals surface area (Å²) in [6.45, 7) is 9.96. The third-order valence-corrected chi connectivity index (χ3v) is 5.73. The highest BCUT2D eigenvalue weighted by molar-refractivity contribution is 6.62. The SMILES string of the molecule is CCOc1cc(B2OC(C)(C)C(C)(C)O2)ccc1C(=O)N[C@@H](CCC(=O)OC)C(=O)OC. The van der Waals surface area contributed by atoms with E-state index in [4.69, 9.17) is 18.8 Å². The zero-order chi connectivity index (χ0) is 24.1. The standard InChI is InChI=1S/C22H32BNO8/c1-8-30-17-13-14(23-31-21(2,3)22(4,5)32-23)9-10-15(17)19(26)24-16(20(27)29-7)11-12-18(25)28-6/h9-10,13,16H,8,11-12H2,1-7H3,(H,24,26)/t16-/m0/s1. The quantitative estimate of drug-likeness (QED) is 0.448. The maximum Gasteiger partial charge on any atom is 0.494 e. The van der Waals surface area contributed by atoms with E-state index >= 15 is 0 Å². The van der Waals surface area contributed by atoms with E-state index in [1.54, 1.807) is 25.1 Å². The van der Waals surface area contributed by atoms with Gasteiger partial charge in [0.25, 0.3) is 5.91 Å². The second-order valence-corrected chi connectivity index (χ2v) is 8.44. The number of hydrogen-bond acceptors (Lipinski definition) is 8. The fraction of sp³-hybridized carbons (Fsp3) is 0.591. The third kappa shape index (κ3) is 5.80. The van der Waals surface area contributed by atoms with Gasteiger partial charge in [-0.2, -0.15) is 0 Å². The van der Waals surface area contributed by atoms with Gasteiger partial charge in [0.15, 0.2) is 0 Å². The Labute approximate surface area is 189 Å². The lowest BCUT2D eigenvalue weighted by atomic mass is 9.78. The number of rotatable bonds is 9. The van der Waals surface area contributed by atoms with Crippen LogP contribution in [0.2, 0.25) is 0 Å². The van der Waals surface area contributed by atoms with Gasteiger partial charge in [-0.25, -0.2) is 4.79 Å². The van der Waals surface area contributed by atoms with E-state index in [1.807, 2.05) is 27.7 Å². The van der Waals surface area contributed by atoms with E-state index in [0.717, 1.165) is 0 Å². The average Bonchev–Trinajstić information content (AvgIpc) is 2.97. The summed E-state index contributed by atoms with van der Waals surface area (Å²) in [5, 5.41) is 2.61. The Balaban J connectivity index is 2.25. The minimum Gasteiger partial charge on any atom is -0.493 e. The summed E-state index contributed by atoms with van der Waals surface area (Å²) in [6.07, 6.45) is -0.00319. The minimum absolute atomic E-state index is 0.0427. The molecule has 1 N–H and O–H groups in total. The topological polar surface area (TPSA) is 109 Å². The molecule has 176 valence electrons. The van der Waals surface area contributed by atoms with Gasteiger partial charge in [0.2, 0.25) is 0 Å². The molecule has 0 aromatic heterocycles. The number of carbonyl (C=O) groups excluding carboxylic acids is 3. The summed E-state index contributed by atoms with van der Waals surface area (Å²) in [6, 6.07) is 4.00. The van der Waals surface area contributed by atoms with Crippen molar-refractivity contribution in [3.8, 4) is 5.75 Å². The Bertz CT molecular complexity index is 838. The predicted molar refractivity (Wildman–Crippen MR) is 118 cm³/mol. The molecule has 1 aromatic carbocycles. The van der Waals surface area contributed by atoms with Crippen LogP contribution in [0.4, 0.5) is 0 Å². The molecule has 1 fully saturated rings. The Morgan fingerprint density at radius 3 is 2.22 bits per heavy atom. The van der Waals surface area contributed by atoms with Gasteiger partial charge in [0.1, 0.15) is 11.8 Å². The van der Waals surface area contributed by atoms with Crippen LogP contribution in [0.1, 0.15) is 57.8 Å². The number of ether oxygens (including phenoxy) is 3. The van der Waals surface area contributed by atoms with Crippen LogP contribution in [0.3, 0.4) is 0 Å². The summed E-state index contributed by atoms with van der Waals surface area (Å²) in [5.41, 5.74) is -0.0716. The molecule has 1 atom stereocenters. The second-order valence-electron chi connectivity index (χ2n) is 8.44. The first kappa shape index (κ1) is 25.7. The van der Waals surface area contributed by atoms with Crippen molar-refractivity contribution >= 4 is 30.4 Å². The molecule has 32 heavy (non-hydrogen) atoms. The highest BCUT2D eigenvalue weighted by Crippen LogP contribution is 2.36. The first-order chi connectivity index (χ1) is 15.0. The molecule has 0 bridgehead atoms. The van der Waals surface area contributed by atoms with Crippen molar-refractivity contribution in [3.05, 3.63) is 23.8 Å². The highest BCUT2D eigenvalue weighted by atomic mass is 16.7. The Kier molecular flexibility index (Phi) is 8.31. The van der Waals surface area contributed by atoms with Gasteiger partial charge >= 0.3 is 19.1 Å². The van der Waals surface area contributed by atoms with E-state index in [0.29, 0.717) is 17.8 Å². The predicted octanol–water partition coefficient (Wildman–Crippen LogP) is 1.61. The van der Waals surface area contributed by atoms with Crippen molar-refractivity contribution in [1.29, 1.82) is 0 Å². The van der Waals surface area contributed by atoms with E-state index in [2.05, 4.69) is 10.1 Å². The van der Waals surface area contributed by atoms with Crippen molar-refractivity contribution in [3.63, 3.8) is 0 Å². The van der Waals surface area contributed by atoms with Crippen molar-refractivity contribution < 1.29 is 37.9 Å². The van der Waals surface area contributed by atoms with E-state index in [-0.39, 0.29) is 18.4 Å². The number of hydrogen-bond donors (Lipinski definition) is 1. The maximum atomic E-state index is 12.9. The summed E-state index contributed by atoms with van der Waals surface area (Å²) < 4.78 is 27.2. The zero-order valence-electron chi connectivity index (χ0n) is 19.8. The van der Waals surface area contributed by atoms with Crippen LogP contribution in [-0.2, 0) is 28.4 Å². The van der Waals surface area contributed by atoms with Gasteiger partial charge in [-0.05, 0) is 58.6 Å². The van der Waals surface area contributed by atoms with Crippen molar-refractivity contribution in [1.82, 2.24) is 5.32 Å². The van der Waals surface area contributed by atoms with Gasteiger partial charge < -0.3 is 28.8 Å². The molecule has 10 heteroatoms. The monoisotopic (exact) mass is 449 g/mol. The third-order valence-electron chi connectivity index (χ3n) is 5.73. The molecule has 1 aromatic rings. The molecular formula is C22H32BNO8. The molecule has 0 spiro atoms. The fourth-order valence-electron chi connectivity index (χ4n) is 3.12.